The lowest BCUT2D eigenvalue weighted by molar-refractivity contribution is 0.140. The second-order valence-corrected chi connectivity index (χ2v) is 3.41. The highest BCUT2D eigenvalue weighted by molar-refractivity contribution is 5.67. The fourth-order valence-corrected chi connectivity index (χ4v) is 0.892. The Morgan fingerprint density at radius 2 is 2.33 bits per heavy atom. The number of ether oxygens (including phenoxy) is 1. The minimum Gasteiger partial charge on any atom is -0.449 e. The van der Waals surface area contributed by atoms with Crippen LogP contribution >= 0.6 is 0 Å². The molecule has 12 heavy (non-hydrogen) atoms. The second-order valence-electron chi connectivity index (χ2n) is 3.41. The number of carbonyl (C=O) groups excluding carboxylic acids is 1. The molecule has 3 nitrogen and oxygen atoms in total. The van der Waals surface area contributed by atoms with Gasteiger partial charge in [-0.2, -0.15) is 0 Å². The number of carbonyl (C=O) groups is 1. The molecule has 0 aromatic rings. The standard InChI is InChI=1S/C9H15NO2/c1-6(2)10-9(11)12-5-8-4-7(8)3/h4,6,8H,5H2,1-3H3,(H,10,11)/t8-/m0/s1. The van der Waals surface area contributed by atoms with E-state index in [2.05, 4.69) is 11.4 Å². The Hall–Kier alpha value is -0.990. The monoisotopic (exact) mass is 169 g/mol. The molecule has 0 radical (unpaired) electrons. The van der Waals surface area contributed by atoms with Crippen molar-refractivity contribution in [3.63, 3.8) is 0 Å². The van der Waals surface area contributed by atoms with Gasteiger partial charge in [-0.05, 0) is 20.8 Å². The molecule has 68 valence electrons. The Balaban J connectivity index is 2.03. The van der Waals surface area contributed by atoms with E-state index < -0.39 is 0 Å². The molecular formula is C9H15NO2. The van der Waals surface area contributed by atoms with Crippen molar-refractivity contribution < 1.29 is 9.53 Å². The maximum Gasteiger partial charge on any atom is 0.407 e. The van der Waals surface area contributed by atoms with Crippen LogP contribution in [-0.2, 0) is 4.74 Å². The van der Waals surface area contributed by atoms with Gasteiger partial charge in [0.05, 0.1) is 0 Å². The Morgan fingerprint density at radius 1 is 1.75 bits per heavy atom. The lowest BCUT2D eigenvalue weighted by Gasteiger charge is -2.08. The minimum absolute atomic E-state index is 0.144. The highest BCUT2D eigenvalue weighted by Gasteiger charge is 2.21. The van der Waals surface area contributed by atoms with Gasteiger partial charge in [0.25, 0.3) is 0 Å². The first-order valence-corrected chi connectivity index (χ1v) is 4.21. The number of hydrogen-bond donors (Lipinski definition) is 1. The fourth-order valence-electron chi connectivity index (χ4n) is 0.892. The summed E-state index contributed by atoms with van der Waals surface area (Å²) in [5.41, 5.74) is 1.31. The van der Waals surface area contributed by atoms with E-state index in [4.69, 9.17) is 4.74 Å². The van der Waals surface area contributed by atoms with Crippen LogP contribution in [0.4, 0.5) is 4.79 Å². The molecule has 1 N–H and O–H groups in total. The van der Waals surface area contributed by atoms with Gasteiger partial charge < -0.3 is 10.1 Å². The molecular weight excluding hydrogens is 154 g/mol. The summed E-state index contributed by atoms with van der Waals surface area (Å²) in [4.78, 5) is 10.9. The summed E-state index contributed by atoms with van der Waals surface area (Å²) in [5, 5.41) is 2.66. The van der Waals surface area contributed by atoms with E-state index in [0.29, 0.717) is 12.5 Å². The molecule has 1 atom stereocenters. The third-order valence-electron chi connectivity index (χ3n) is 1.74. The van der Waals surface area contributed by atoms with Gasteiger partial charge >= 0.3 is 6.09 Å². The van der Waals surface area contributed by atoms with Crippen LogP contribution < -0.4 is 5.32 Å². The average molecular weight is 169 g/mol. The smallest absolute Gasteiger partial charge is 0.407 e. The zero-order valence-corrected chi connectivity index (χ0v) is 7.76. The van der Waals surface area contributed by atoms with Crippen LogP contribution in [0.15, 0.2) is 11.6 Å². The van der Waals surface area contributed by atoms with Crippen molar-refractivity contribution in [2.45, 2.75) is 26.8 Å². The first kappa shape index (κ1) is 9.10. The summed E-state index contributed by atoms with van der Waals surface area (Å²) in [5.74, 6) is 0.405. The van der Waals surface area contributed by atoms with E-state index in [9.17, 15) is 4.79 Å². The zero-order chi connectivity index (χ0) is 9.14. The van der Waals surface area contributed by atoms with Crippen LogP contribution in [0.2, 0.25) is 0 Å². The first-order chi connectivity index (χ1) is 5.59. The molecule has 1 aliphatic carbocycles. The normalized spacial score (nSPS) is 20.3. The summed E-state index contributed by atoms with van der Waals surface area (Å²) in [6.07, 6.45) is 1.76. The van der Waals surface area contributed by atoms with E-state index in [-0.39, 0.29) is 12.1 Å². The van der Waals surface area contributed by atoms with Crippen LogP contribution in [-0.4, -0.2) is 18.7 Å². The van der Waals surface area contributed by atoms with Crippen molar-refractivity contribution >= 4 is 6.09 Å². The summed E-state index contributed by atoms with van der Waals surface area (Å²) in [7, 11) is 0. The van der Waals surface area contributed by atoms with Crippen molar-refractivity contribution in [3.8, 4) is 0 Å². The third-order valence-corrected chi connectivity index (χ3v) is 1.74. The van der Waals surface area contributed by atoms with Gasteiger partial charge in [0.15, 0.2) is 0 Å². The first-order valence-electron chi connectivity index (χ1n) is 4.21. The van der Waals surface area contributed by atoms with Crippen molar-refractivity contribution in [3.05, 3.63) is 11.6 Å². The summed E-state index contributed by atoms with van der Waals surface area (Å²) >= 11 is 0. The number of hydrogen-bond acceptors (Lipinski definition) is 2. The SMILES string of the molecule is CC1=C[C@H]1COC(=O)NC(C)C. The largest absolute Gasteiger partial charge is 0.449 e. The summed E-state index contributed by atoms with van der Waals surface area (Å²) in [6.45, 7) is 6.34. The molecule has 0 saturated heterocycles. The Kier molecular flexibility index (Phi) is 2.74. The van der Waals surface area contributed by atoms with Crippen LogP contribution in [0.25, 0.3) is 0 Å². The predicted octanol–water partition coefficient (Wildman–Crippen LogP) is 1.70. The topological polar surface area (TPSA) is 38.3 Å². The van der Waals surface area contributed by atoms with Gasteiger partial charge in [0, 0.05) is 12.0 Å². The molecule has 0 aromatic carbocycles. The molecule has 0 unspecified atom stereocenters. The summed E-state index contributed by atoms with van der Waals surface area (Å²) in [6, 6.07) is 0.144. The maximum atomic E-state index is 10.9. The molecule has 1 aliphatic rings. The molecule has 0 spiro atoms. The zero-order valence-electron chi connectivity index (χ0n) is 7.76. The van der Waals surface area contributed by atoms with Crippen LogP contribution in [0.1, 0.15) is 20.8 Å². The van der Waals surface area contributed by atoms with Crippen molar-refractivity contribution in [1.29, 1.82) is 0 Å². The number of amides is 1. The fraction of sp³-hybridized carbons (Fsp3) is 0.667. The Labute approximate surface area is 72.8 Å². The molecule has 0 heterocycles. The second kappa shape index (κ2) is 3.61. The summed E-state index contributed by atoms with van der Waals surface area (Å²) < 4.78 is 4.95. The molecule has 0 aromatic heterocycles. The Morgan fingerprint density at radius 3 is 2.75 bits per heavy atom. The minimum atomic E-state index is -0.321. The van der Waals surface area contributed by atoms with Crippen LogP contribution in [0, 0.1) is 5.92 Å². The molecule has 0 bridgehead atoms. The van der Waals surface area contributed by atoms with E-state index in [1.807, 2.05) is 20.8 Å². The lowest BCUT2D eigenvalue weighted by atomic mass is 10.3. The molecule has 0 fully saturated rings. The average Bonchev–Trinajstić information content (AvgIpc) is 2.61. The highest BCUT2D eigenvalue weighted by Crippen LogP contribution is 2.27. The molecule has 1 amide bonds. The van der Waals surface area contributed by atoms with Gasteiger partial charge in [-0.15, -0.1) is 0 Å². The number of rotatable bonds is 3. The van der Waals surface area contributed by atoms with Gasteiger partial charge in [0.1, 0.15) is 6.61 Å². The van der Waals surface area contributed by atoms with E-state index in [0.717, 1.165) is 0 Å². The lowest BCUT2D eigenvalue weighted by Crippen LogP contribution is -2.31. The molecule has 0 aliphatic heterocycles. The van der Waals surface area contributed by atoms with Gasteiger partial charge in [-0.25, -0.2) is 4.79 Å². The molecule has 0 saturated carbocycles. The highest BCUT2D eigenvalue weighted by atomic mass is 16.5. The number of nitrogens with one attached hydrogen (secondary N) is 1. The van der Waals surface area contributed by atoms with Crippen LogP contribution in [0.3, 0.4) is 0 Å². The predicted molar refractivity (Wildman–Crippen MR) is 46.9 cm³/mol. The van der Waals surface area contributed by atoms with E-state index in [1.54, 1.807) is 0 Å². The van der Waals surface area contributed by atoms with Gasteiger partial charge in [-0.1, -0.05) is 11.6 Å². The van der Waals surface area contributed by atoms with Crippen molar-refractivity contribution in [1.82, 2.24) is 5.32 Å². The van der Waals surface area contributed by atoms with Gasteiger partial charge in [-0.3, -0.25) is 0 Å². The van der Waals surface area contributed by atoms with E-state index in [1.165, 1.54) is 5.57 Å². The molecule has 3 heteroatoms. The third kappa shape index (κ3) is 2.95. The quantitative estimate of drug-likeness (QED) is 0.653. The van der Waals surface area contributed by atoms with Gasteiger partial charge in [0.2, 0.25) is 0 Å². The van der Waals surface area contributed by atoms with Crippen molar-refractivity contribution in [2.75, 3.05) is 6.61 Å². The van der Waals surface area contributed by atoms with Crippen LogP contribution in [0.5, 0.6) is 0 Å². The number of alkyl carbamates (subject to hydrolysis) is 1. The molecule has 1 rings (SSSR count). The maximum absolute atomic E-state index is 10.9. The van der Waals surface area contributed by atoms with Crippen molar-refractivity contribution in [2.24, 2.45) is 5.92 Å². The Bertz CT molecular complexity index is 209. The van der Waals surface area contributed by atoms with E-state index >= 15 is 0 Å².